The number of hydrogen-bond donors (Lipinski definition) is 1. The van der Waals surface area contributed by atoms with Crippen molar-refractivity contribution < 1.29 is 4.42 Å². The fraction of sp³-hybridized carbons (Fsp3) is 0.316. The number of nitrogens with one attached hydrogen (secondary N) is 1. The smallest absolute Gasteiger partial charge is 0.226 e. The van der Waals surface area contributed by atoms with Crippen LogP contribution in [0.2, 0.25) is 0 Å². The van der Waals surface area contributed by atoms with Crippen LogP contribution in [0.4, 0.5) is 0 Å². The predicted molar refractivity (Wildman–Crippen MR) is 89.9 cm³/mol. The molecule has 1 aliphatic rings. The molecule has 2 aromatic heterocycles. The number of H-pyrrole nitrogens is 1. The molecule has 3 aromatic rings. The van der Waals surface area contributed by atoms with E-state index >= 15 is 0 Å². The Morgan fingerprint density at radius 1 is 1.22 bits per heavy atom. The van der Waals surface area contributed by atoms with Gasteiger partial charge in [0, 0.05) is 24.0 Å². The van der Waals surface area contributed by atoms with Gasteiger partial charge in [-0.2, -0.15) is 0 Å². The second kappa shape index (κ2) is 6.05. The minimum atomic E-state index is 0.460. The molecule has 3 heterocycles. The average molecular weight is 307 g/mol. The summed E-state index contributed by atoms with van der Waals surface area (Å²) in [7, 11) is 0. The molecule has 4 rings (SSSR count). The van der Waals surface area contributed by atoms with E-state index in [4.69, 9.17) is 9.40 Å². The summed E-state index contributed by atoms with van der Waals surface area (Å²) in [6.45, 7) is 3.96. The lowest BCUT2D eigenvalue weighted by atomic mass is 10.1. The lowest BCUT2D eigenvalue weighted by molar-refractivity contribution is 0.241. The van der Waals surface area contributed by atoms with E-state index in [1.807, 2.05) is 43.5 Å². The third-order valence-corrected chi connectivity index (χ3v) is 4.61. The van der Waals surface area contributed by atoms with Crippen molar-refractivity contribution in [2.75, 3.05) is 6.54 Å². The Bertz CT molecular complexity index is 761. The summed E-state index contributed by atoms with van der Waals surface area (Å²) < 4.78 is 5.89. The summed E-state index contributed by atoms with van der Waals surface area (Å²) in [5.41, 5.74) is 3.37. The topological polar surface area (TPSA) is 45.1 Å². The molecule has 0 spiro atoms. The van der Waals surface area contributed by atoms with E-state index in [1.54, 1.807) is 0 Å². The maximum Gasteiger partial charge on any atom is 0.226 e. The summed E-state index contributed by atoms with van der Waals surface area (Å²) in [5, 5.41) is 0. The van der Waals surface area contributed by atoms with Crippen molar-refractivity contribution in [3.05, 3.63) is 65.8 Å². The number of aromatic nitrogens is 2. The molecule has 0 unspecified atom stereocenters. The van der Waals surface area contributed by atoms with E-state index < -0.39 is 0 Å². The summed E-state index contributed by atoms with van der Waals surface area (Å²) in [6.07, 6.45) is 4.43. The number of nitrogens with zero attached hydrogens (tertiary/aromatic N) is 2. The molecule has 1 saturated heterocycles. The van der Waals surface area contributed by atoms with Crippen molar-refractivity contribution in [2.45, 2.75) is 32.4 Å². The van der Waals surface area contributed by atoms with Crippen molar-refractivity contribution in [1.82, 2.24) is 14.9 Å². The molecule has 1 aromatic carbocycles. The molecule has 1 fully saturated rings. The van der Waals surface area contributed by atoms with Crippen molar-refractivity contribution in [3.8, 4) is 11.5 Å². The normalized spacial score (nSPS) is 18.6. The quantitative estimate of drug-likeness (QED) is 0.781. The van der Waals surface area contributed by atoms with E-state index in [2.05, 4.69) is 22.0 Å². The van der Waals surface area contributed by atoms with Crippen molar-refractivity contribution in [3.63, 3.8) is 0 Å². The molecular formula is C19H21N3O. The van der Waals surface area contributed by atoms with Gasteiger partial charge in [0.15, 0.2) is 0 Å². The highest BCUT2D eigenvalue weighted by Crippen LogP contribution is 2.33. The van der Waals surface area contributed by atoms with Crippen LogP contribution in [0.5, 0.6) is 0 Å². The van der Waals surface area contributed by atoms with Crippen LogP contribution in [0.15, 0.2) is 53.1 Å². The number of aromatic amines is 1. The number of likely N-dealkylation sites (tertiary alicyclic amines) is 1. The first kappa shape index (κ1) is 14.3. The van der Waals surface area contributed by atoms with Crippen LogP contribution in [-0.4, -0.2) is 21.4 Å². The Kier molecular flexibility index (Phi) is 3.75. The number of hydrogen-bond acceptors (Lipinski definition) is 3. The van der Waals surface area contributed by atoms with Gasteiger partial charge in [-0.3, -0.25) is 4.90 Å². The average Bonchev–Trinajstić information content (AvgIpc) is 3.30. The van der Waals surface area contributed by atoms with Gasteiger partial charge in [-0.25, -0.2) is 4.98 Å². The SMILES string of the molecule is Cc1oc(-c2ccccc2)nc1CN1CCC[C@@H]1c1ccc[nH]1. The van der Waals surface area contributed by atoms with Gasteiger partial charge in [0.1, 0.15) is 5.76 Å². The minimum absolute atomic E-state index is 0.460. The molecule has 1 N–H and O–H groups in total. The fourth-order valence-corrected chi connectivity index (χ4v) is 3.39. The molecule has 1 atom stereocenters. The molecule has 0 amide bonds. The Morgan fingerprint density at radius 3 is 2.87 bits per heavy atom. The van der Waals surface area contributed by atoms with Crippen molar-refractivity contribution in [1.29, 1.82) is 0 Å². The third-order valence-electron chi connectivity index (χ3n) is 4.61. The Hall–Kier alpha value is -2.33. The lowest BCUT2D eigenvalue weighted by Gasteiger charge is -2.22. The van der Waals surface area contributed by atoms with Crippen LogP contribution in [0.25, 0.3) is 11.5 Å². The van der Waals surface area contributed by atoms with Gasteiger partial charge in [-0.1, -0.05) is 18.2 Å². The zero-order valence-electron chi connectivity index (χ0n) is 13.3. The molecule has 0 radical (unpaired) electrons. The highest BCUT2D eigenvalue weighted by molar-refractivity contribution is 5.53. The monoisotopic (exact) mass is 307 g/mol. The molecular weight excluding hydrogens is 286 g/mol. The standard InChI is InChI=1S/C19H21N3O/c1-14-17(21-19(23-14)15-7-3-2-4-8-15)13-22-12-6-10-18(22)16-9-5-11-20-16/h2-5,7-9,11,18,20H,6,10,12-13H2,1H3/t18-/m1/s1. The van der Waals surface area contributed by atoms with E-state index in [0.717, 1.165) is 30.1 Å². The number of benzene rings is 1. The number of oxazole rings is 1. The van der Waals surface area contributed by atoms with E-state index in [9.17, 15) is 0 Å². The number of rotatable bonds is 4. The first-order valence-corrected chi connectivity index (χ1v) is 8.20. The van der Waals surface area contributed by atoms with Crippen molar-refractivity contribution in [2.24, 2.45) is 0 Å². The third kappa shape index (κ3) is 2.82. The van der Waals surface area contributed by atoms with Gasteiger partial charge >= 0.3 is 0 Å². The summed E-state index contributed by atoms with van der Waals surface area (Å²) >= 11 is 0. The second-order valence-corrected chi connectivity index (χ2v) is 6.14. The summed E-state index contributed by atoms with van der Waals surface area (Å²) in [6, 6.07) is 14.8. The van der Waals surface area contributed by atoms with E-state index in [0.29, 0.717) is 11.9 Å². The van der Waals surface area contributed by atoms with Crippen LogP contribution >= 0.6 is 0 Å². The summed E-state index contributed by atoms with van der Waals surface area (Å²) in [4.78, 5) is 10.6. The molecule has 4 heteroatoms. The first-order valence-electron chi connectivity index (χ1n) is 8.20. The van der Waals surface area contributed by atoms with Gasteiger partial charge in [-0.05, 0) is 50.6 Å². The fourth-order valence-electron chi connectivity index (χ4n) is 3.39. The summed E-state index contributed by atoms with van der Waals surface area (Å²) in [5.74, 6) is 1.63. The van der Waals surface area contributed by atoms with Gasteiger partial charge in [-0.15, -0.1) is 0 Å². The van der Waals surface area contributed by atoms with Crippen LogP contribution in [0.1, 0.15) is 36.0 Å². The van der Waals surface area contributed by atoms with Gasteiger partial charge in [0.2, 0.25) is 5.89 Å². The van der Waals surface area contributed by atoms with E-state index in [1.165, 1.54) is 18.5 Å². The van der Waals surface area contributed by atoms with Gasteiger partial charge in [0.05, 0.1) is 11.7 Å². The molecule has 0 bridgehead atoms. The van der Waals surface area contributed by atoms with Gasteiger partial charge < -0.3 is 9.40 Å². The largest absolute Gasteiger partial charge is 0.441 e. The number of aryl methyl sites for hydroxylation is 1. The molecule has 1 aliphatic heterocycles. The van der Waals surface area contributed by atoms with Gasteiger partial charge in [0.25, 0.3) is 0 Å². The highest BCUT2D eigenvalue weighted by atomic mass is 16.4. The lowest BCUT2D eigenvalue weighted by Crippen LogP contribution is -2.23. The van der Waals surface area contributed by atoms with Crippen LogP contribution in [0, 0.1) is 6.92 Å². The van der Waals surface area contributed by atoms with Crippen LogP contribution in [0.3, 0.4) is 0 Å². The maximum atomic E-state index is 5.89. The molecule has 4 nitrogen and oxygen atoms in total. The second-order valence-electron chi connectivity index (χ2n) is 6.14. The maximum absolute atomic E-state index is 5.89. The van der Waals surface area contributed by atoms with Crippen molar-refractivity contribution >= 4 is 0 Å². The Labute approximate surface area is 136 Å². The Morgan fingerprint density at radius 2 is 2.09 bits per heavy atom. The molecule has 0 saturated carbocycles. The first-order chi connectivity index (χ1) is 11.3. The predicted octanol–water partition coefficient (Wildman–Crippen LogP) is 4.32. The molecule has 0 aliphatic carbocycles. The Balaban J connectivity index is 1.56. The molecule has 118 valence electrons. The minimum Gasteiger partial charge on any atom is -0.441 e. The van der Waals surface area contributed by atoms with E-state index in [-0.39, 0.29) is 0 Å². The van der Waals surface area contributed by atoms with Crippen LogP contribution < -0.4 is 0 Å². The molecule has 23 heavy (non-hydrogen) atoms. The zero-order chi connectivity index (χ0) is 15.6. The van der Waals surface area contributed by atoms with Crippen LogP contribution in [-0.2, 0) is 6.54 Å². The zero-order valence-corrected chi connectivity index (χ0v) is 13.3. The highest BCUT2D eigenvalue weighted by Gasteiger charge is 2.28.